The van der Waals surface area contributed by atoms with Crippen molar-refractivity contribution in [2.45, 2.75) is 19.9 Å². The molecule has 0 aliphatic rings. The molecule has 1 nitrogen and oxygen atoms in total. The van der Waals surface area contributed by atoms with E-state index in [1.54, 1.807) is 0 Å². The van der Waals surface area contributed by atoms with Crippen molar-refractivity contribution in [3.63, 3.8) is 0 Å². The normalized spacial score (nSPS) is 14.6. The average molecular weight is 196 g/mol. The van der Waals surface area contributed by atoms with Crippen molar-refractivity contribution >= 4 is 23.2 Å². The van der Waals surface area contributed by atoms with Gasteiger partial charge in [-0.1, -0.05) is 31.5 Å². The van der Waals surface area contributed by atoms with E-state index in [4.69, 9.17) is 23.2 Å². The molecule has 0 heterocycles. The lowest BCUT2D eigenvalue weighted by atomic mass is 10.1. The molecule has 0 aliphatic heterocycles. The monoisotopic (exact) mass is 195 g/mol. The first-order valence-corrected chi connectivity index (χ1v) is 4.74. The number of halogens is 2. The van der Waals surface area contributed by atoms with E-state index in [2.05, 4.69) is 19.2 Å². The largest absolute Gasteiger partial charge is 0.309 e. The lowest BCUT2D eigenvalue weighted by molar-refractivity contribution is 0.449. The molecule has 1 unspecified atom stereocenters. The van der Waals surface area contributed by atoms with Crippen LogP contribution < -0.4 is 5.32 Å². The summed E-state index contributed by atoms with van der Waals surface area (Å²) in [6.07, 6.45) is 1.86. The lowest BCUT2D eigenvalue weighted by Crippen LogP contribution is -2.35. The van der Waals surface area contributed by atoms with Crippen LogP contribution in [0.2, 0.25) is 0 Å². The van der Waals surface area contributed by atoms with Crippen molar-refractivity contribution in [2.24, 2.45) is 5.92 Å². The molecule has 0 rings (SSSR count). The lowest BCUT2D eigenvalue weighted by Gasteiger charge is -2.18. The van der Waals surface area contributed by atoms with Crippen molar-refractivity contribution in [3.8, 4) is 0 Å². The number of rotatable bonds is 5. The zero-order valence-corrected chi connectivity index (χ0v) is 8.49. The Morgan fingerprint density at radius 1 is 1.45 bits per heavy atom. The number of alkyl halides is 1. The Labute approximate surface area is 78.8 Å². The van der Waals surface area contributed by atoms with Gasteiger partial charge in [0.05, 0.1) is 0 Å². The molecule has 0 fully saturated rings. The van der Waals surface area contributed by atoms with E-state index in [0.717, 1.165) is 6.54 Å². The summed E-state index contributed by atoms with van der Waals surface area (Å²) in [7, 11) is 0. The molecule has 0 spiro atoms. The highest BCUT2D eigenvalue weighted by molar-refractivity contribution is 6.25. The molecule has 66 valence electrons. The van der Waals surface area contributed by atoms with E-state index in [-0.39, 0.29) is 0 Å². The van der Waals surface area contributed by atoms with E-state index in [0.29, 0.717) is 17.8 Å². The van der Waals surface area contributed by atoms with Gasteiger partial charge in [-0.3, -0.25) is 0 Å². The predicted molar refractivity (Wildman–Crippen MR) is 52.3 cm³/mol. The molecule has 0 saturated heterocycles. The molecule has 0 aromatic rings. The molecule has 0 aliphatic carbocycles. The Balaban J connectivity index is 3.52. The molecule has 11 heavy (non-hydrogen) atoms. The van der Waals surface area contributed by atoms with Crippen molar-refractivity contribution in [2.75, 3.05) is 12.4 Å². The third-order valence-corrected chi connectivity index (χ3v) is 2.07. The van der Waals surface area contributed by atoms with E-state index < -0.39 is 0 Å². The SMILES string of the molecule is CC(C)C(CCl)NC/C=C/Cl. The Hall–Kier alpha value is 0.280. The second kappa shape index (κ2) is 6.96. The molecule has 0 saturated carbocycles. The number of hydrogen-bond donors (Lipinski definition) is 1. The minimum Gasteiger partial charge on any atom is -0.309 e. The van der Waals surface area contributed by atoms with Crippen LogP contribution in [0.5, 0.6) is 0 Å². The van der Waals surface area contributed by atoms with E-state index in [9.17, 15) is 0 Å². The summed E-state index contributed by atoms with van der Waals surface area (Å²) in [6, 6.07) is 0.379. The van der Waals surface area contributed by atoms with Gasteiger partial charge >= 0.3 is 0 Å². The van der Waals surface area contributed by atoms with E-state index >= 15 is 0 Å². The molecule has 0 bridgehead atoms. The topological polar surface area (TPSA) is 12.0 Å². The van der Waals surface area contributed by atoms with Crippen LogP contribution in [0.3, 0.4) is 0 Å². The summed E-state index contributed by atoms with van der Waals surface area (Å²) in [6.45, 7) is 5.08. The Kier molecular flexibility index (Phi) is 7.13. The summed E-state index contributed by atoms with van der Waals surface area (Å²) < 4.78 is 0. The fraction of sp³-hybridized carbons (Fsp3) is 0.750. The zero-order valence-electron chi connectivity index (χ0n) is 6.98. The maximum Gasteiger partial charge on any atom is 0.0379 e. The maximum absolute atomic E-state index is 5.72. The smallest absolute Gasteiger partial charge is 0.0379 e. The van der Waals surface area contributed by atoms with Gasteiger partial charge in [0.1, 0.15) is 0 Å². The van der Waals surface area contributed by atoms with Crippen molar-refractivity contribution < 1.29 is 0 Å². The van der Waals surface area contributed by atoms with Gasteiger partial charge in [0, 0.05) is 24.0 Å². The third kappa shape index (κ3) is 5.54. The summed E-state index contributed by atoms with van der Waals surface area (Å²) in [5.74, 6) is 1.21. The number of nitrogens with one attached hydrogen (secondary N) is 1. The van der Waals surface area contributed by atoms with Crippen molar-refractivity contribution in [1.29, 1.82) is 0 Å². The Bertz CT molecular complexity index is 113. The molecule has 3 heteroatoms. The van der Waals surface area contributed by atoms with E-state index in [1.807, 2.05) is 6.08 Å². The molecule has 0 radical (unpaired) electrons. The van der Waals surface area contributed by atoms with Crippen LogP contribution in [-0.4, -0.2) is 18.5 Å². The molecular formula is C8H15Cl2N. The minimum atomic E-state index is 0.379. The molecule has 0 aromatic heterocycles. The van der Waals surface area contributed by atoms with Gasteiger partial charge in [-0.05, 0) is 5.92 Å². The van der Waals surface area contributed by atoms with Gasteiger partial charge in [-0.15, -0.1) is 11.6 Å². The summed E-state index contributed by atoms with van der Waals surface area (Å²) in [4.78, 5) is 0. The maximum atomic E-state index is 5.72. The van der Waals surface area contributed by atoms with Crippen LogP contribution in [0.4, 0.5) is 0 Å². The summed E-state index contributed by atoms with van der Waals surface area (Å²) >= 11 is 11.1. The van der Waals surface area contributed by atoms with Crippen molar-refractivity contribution in [1.82, 2.24) is 5.32 Å². The van der Waals surface area contributed by atoms with Gasteiger partial charge in [0.25, 0.3) is 0 Å². The fourth-order valence-corrected chi connectivity index (χ4v) is 1.29. The first-order valence-electron chi connectivity index (χ1n) is 3.77. The van der Waals surface area contributed by atoms with E-state index in [1.165, 1.54) is 5.54 Å². The summed E-state index contributed by atoms with van der Waals surface area (Å²) in [5.41, 5.74) is 1.51. The number of hydrogen-bond acceptors (Lipinski definition) is 1. The van der Waals surface area contributed by atoms with Crippen LogP contribution in [0.25, 0.3) is 0 Å². The molecular weight excluding hydrogens is 181 g/mol. The second-order valence-electron chi connectivity index (χ2n) is 2.77. The molecule has 1 N–H and O–H groups in total. The standard InChI is InChI=1S/C8H15Cl2N/c1-7(2)8(6-10)11-5-3-4-9/h3-4,7-8,11H,5-6H2,1-2H3/b4-3+. The first kappa shape index (κ1) is 11.3. The summed E-state index contributed by atoms with van der Waals surface area (Å²) in [5, 5.41) is 3.27. The molecule has 1 atom stereocenters. The van der Waals surface area contributed by atoms with Gasteiger partial charge in [-0.2, -0.15) is 0 Å². The highest BCUT2D eigenvalue weighted by Crippen LogP contribution is 2.02. The highest BCUT2D eigenvalue weighted by Gasteiger charge is 2.08. The third-order valence-electron chi connectivity index (χ3n) is 1.56. The highest BCUT2D eigenvalue weighted by atomic mass is 35.5. The van der Waals surface area contributed by atoms with Crippen molar-refractivity contribution in [3.05, 3.63) is 11.6 Å². The van der Waals surface area contributed by atoms with Gasteiger partial charge in [0.2, 0.25) is 0 Å². The fourth-order valence-electron chi connectivity index (χ4n) is 0.732. The average Bonchev–Trinajstić information content (AvgIpc) is 1.97. The van der Waals surface area contributed by atoms with Crippen LogP contribution in [0, 0.1) is 5.92 Å². The van der Waals surface area contributed by atoms with Gasteiger partial charge in [0.15, 0.2) is 0 Å². The predicted octanol–water partition coefficient (Wildman–Crippen LogP) is 2.59. The first-order chi connectivity index (χ1) is 5.22. The van der Waals surface area contributed by atoms with Crippen LogP contribution in [0.15, 0.2) is 11.6 Å². The van der Waals surface area contributed by atoms with Gasteiger partial charge in [-0.25, -0.2) is 0 Å². The van der Waals surface area contributed by atoms with Crippen LogP contribution in [0.1, 0.15) is 13.8 Å². The minimum absolute atomic E-state index is 0.379. The quantitative estimate of drug-likeness (QED) is 0.666. The Morgan fingerprint density at radius 3 is 2.45 bits per heavy atom. The molecule has 0 amide bonds. The van der Waals surface area contributed by atoms with Crippen LogP contribution >= 0.6 is 23.2 Å². The Morgan fingerprint density at radius 2 is 2.09 bits per heavy atom. The molecule has 0 aromatic carbocycles. The zero-order chi connectivity index (χ0) is 8.69. The van der Waals surface area contributed by atoms with Crippen LogP contribution in [-0.2, 0) is 0 Å². The van der Waals surface area contributed by atoms with Gasteiger partial charge < -0.3 is 5.32 Å². The second-order valence-corrected chi connectivity index (χ2v) is 3.34.